The van der Waals surface area contributed by atoms with Gasteiger partial charge in [0.05, 0.1) is 40.3 Å². The minimum atomic E-state index is -1.09. The van der Waals surface area contributed by atoms with E-state index >= 15 is 0 Å². The molecule has 172 valence electrons. The Morgan fingerprint density at radius 3 is 2.09 bits per heavy atom. The van der Waals surface area contributed by atoms with Gasteiger partial charge in [-0.3, -0.25) is 5.41 Å². The van der Waals surface area contributed by atoms with Crippen LogP contribution >= 0.6 is 0 Å². The molecule has 7 heteroatoms. The number of hydrogen-bond donors (Lipinski definition) is 4. The monoisotopic (exact) mass is 448 g/mol. The molecule has 2 aromatic carbocycles. The lowest BCUT2D eigenvalue weighted by molar-refractivity contribution is -0.0446. The van der Waals surface area contributed by atoms with Gasteiger partial charge in [0.1, 0.15) is 23.5 Å². The molecule has 0 saturated heterocycles. The van der Waals surface area contributed by atoms with E-state index in [0.717, 1.165) is 38.5 Å². The number of phenols is 2. The number of methoxy groups -OCH3 is 1. The van der Waals surface area contributed by atoms with Gasteiger partial charge in [-0.05, 0) is 50.4 Å². The zero-order chi connectivity index (χ0) is 23.3. The molecule has 0 spiro atoms. The molecule has 0 amide bonds. The van der Waals surface area contributed by atoms with Gasteiger partial charge in [0.2, 0.25) is 0 Å². The predicted molar refractivity (Wildman–Crippen MR) is 124 cm³/mol. The Labute approximate surface area is 192 Å². The van der Waals surface area contributed by atoms with Gasteiger partial charge in [-0.25, -0.2) is 4.79 Å². The third kappa shape index (κ3) is 3.48. The quantitative estimate of drug-likeness (QED) is 0.415. The van der Waals surface area contributed by atoms with Crippen molar-refractivity contribution in [2.45, 2.75) is 56.8 Å². The summed E-state index contributed by atoms with van der Waals surface area (Å²) in [4.78, 5) is 11.9. The Balaban J connectivity index is 1.47. The Hall–Kier alpha value is -2.99. The summed E-state index contributed by atoms with van der Waals surface area (Å²) in [5.41, 5.74) is -0.454. The van der Waals surface area contributed by atoms with Gasteiger partial charge in [-0.15, -0.1) is 0 Å². The molecule has 0 aliphatic heterocycles. The van der Waals surface area contributed by atoms with Crippen LogP contribution < -0.4 is 0 Å². The Bertz CT molecular complexity index is 1200. The minimum absolute atomic E-state index is 0.0176. The number of benzene rings is 2. The molecule has 7 nitrogen and oxygen atoms in total. The lowest BCUT2D eigenvalue weighted by atomic mass is 9.69. The number of carbonyl (C=O) groups excluding carboxylic acids is 1. The van der Waals surface area contributed by atoms with Crippen LogP contribution in [-0.2, 0) is 14.3 Å². The minimum Gasteiger partial charge on any atom is -0.507 e. The van der Waals surface area contributed by atoms with Crippen LogP contribution in [0.25, 0.3) is 10.8 Å². The number of fused-ring (bicyclic) bond motifs is 3. The SMILES string of the molecule is COC1CCC2CC(OC3C(=N)c4c(c(O)c5ccccc5c4O)C(=N)C3=C=O)CCC2C1. The normalized spacial score (nSPS) is 29.5. The van der Waals surface area contributed by atoms with Crippen molar-refractivity contribution in [1.29, 1.82) is 10.8 Å². The highest BCUT2D eigenvalue weighted by Gasteiger charge is 2.42. The van der Waals surface area contributed by atoms with Crippen molar-refractivity contribution < 1.29 is 24.5 Å². The molecule has 4 N–H and O–H groups in total. The van der Waals surface area contributed by atoms with Gasteiger partial charge in [0, 0.05) is 17.9 Å². The third-order valence-electron chi connectivity index (χ3n) is 7.76. The fourth-order valence-electron chi connectivity index (χ4n) is 6.02. The summed E-state index contributed by atoms with van der Waals surface area (Å²) in [6, 6.07) is 6.73. The van der Waals surface area contributed by atoms with E-state index in [1.54, 1.807) is 37.3 Å². The van der Waals surface area contributed by atoms with Gasteiger partial charge in [0.25, 0.3) is 0 Å². The van der Waals surface area contributed by atoms with E-state index in [1.807, 2.05) is 0 Å². The summed E-state index contributed by atoms with van der Waals surface area (Å²) in [6.07, 6.45) is 4.89. The molecular weight excluding hydrogens is 420 g/mol. The summed E-state index contributed by atoms with van der Waals surface area (Å²) in [7, 11) is 1.77. The van der Waals surface area contributed by atoms with Crippen molar-refractivity contribution in [2.75, 3.05) is 7.11 Å². The average molecular weight is 449 g/mol. The van der Waals surface area contributed by atoms with E-state index < -0.39 is 6.10 Å². The van der Waals surface area contributed by atoms with Crippen LogP contribution in [0.5, 0.6) is 11.5 Å². The molecule has 0 aromatic heterocycles. The Morgan fingerprint density at radius 2 is 1.48 bits per heavy atom. The maximum absolute atomic E-state index is 11.9. The highest BCUT2D eigenvalue weighted by atomic mass is 16.5. The van der Waals surface area contributed by atoms with E-state index in [-0.39, 0.29) is 45.7 Å². The summed E-state index contributed by atoms with van der Waals surface area (Å²) in [5.74, 6) is 2.50. The topological polar surface area (TPSA) is 124 Å². The molecule has 5 rings (SSSR count). The van der Waals surface area contributed by atoms with Crippen LogP contribution in [0.2, 0.25) is 0 Å². The first-order valence-corrected chi connectivity index (χ1v) is 11.5. The summed E-state index contributed by atoms with van der Waals surface area (Å²) in [6.45, 7) is 0. The number of phenolic OH excluding ortho intramolecular Hbond substituents is 2. The van der Waals surface area contributed by atoms with Crippen LogP contribution in [0.1, 0.15) is 49.7 Å². The van der Waals surface area contributed by atoms with E-state index in [2.05, 4.69) is 0 Å². The first-order chi connectivity index (χ1) is 15.9. The summed E-state index contributed by atoms with van der Waals surface area (Å²) in [5, 5.41) is 40.0. The molecule has 2 fully saturated rings. The number of nitrogens with one attached hydrogen (secondary N) is 2. The average Bonchev–Trinajstić information content (AvgIpc) is 2.84. The standard InChI is InChI=1S/C26H28N2O5/c1-32-15-8-6-14-11-16(9-7-13(14)10-15)33-26-19(12-29)22(27)20-21(23(26)28)25(31)18-5-3-2-4-17(18)24(20)30/h2-5,13-16,26-28,30-31H,6-11H2,1H3. The molecule has 2 aromatic rings. The lowest BCUT2D eigenvalue weighted by Crippen LogP contribution is -2.42. The second kappa shape index (κ2) is 8.41. The molecule has 0 heterocycles. The molecule has 5 unspecified atom stereocenters. The molecule has 0 bridgehead atoms. The maximum Gasteiger partial charge on any atom is 0.137 e. The second-order valence-corrected chi connectivity index (χ2v) is 9.44. The van der Waals surface area contributed by atoms with Crippen LogP contribution in [0.4, 0.5) is 0 Å². The van der Waals surface area contributed by atoms with Gasteiger partial charge in [-0.1, -0.05) is 24.3 Å². The number of hydrogen-bond acceptors (Lipinski definition) is 7. The molecule has 2 saturated carbocycles. The van der Waals surface area contributed by atoms with E-state index in [0.29, 0.717) is 28.7 Å². The molecule has 3 aliphatic rings. The van der Waals surface area contributed by atoms with Crippen molar-refractivity contribution in [3.63, 3.8) is 0 Å². The number of rotatable bonds is 3. The fraction of sp³-hybridized carbons (Fsp3) is 0.462. The van der Waals surface area contributed by atoms with Crippen LogP contribution in [-0.4, -0.2) is 53.0 Å². The lowest BCUT2D eigenvalue weighted by Gasteiger charge is -2.42. The van der Waals surface area contributed by atoms with Crippen molar-refractivity contribution in [3.05, 3.63) is 41.0 Å². The zero-order valence-corrected chi connectivity index (χ0v) is 18.6. The highest BCUT2D eigenvalue weighted by Crippen LogP contribution is 2.46. The van der Waals surface area contributed by atoms with Gasteiger partial charge in [-0.2, -0.15) is 0 Å². The smallest absolute Gasteiger partial charge is 0.137 e. The number of aromatic hydroxyl groups is 2. The van der Waals surface area contributed by atoms with E-state index in [1.165, 1.54) is 0 Å². The zero-order valence-electron chi connectivity index (χ0n) is 18.6. The molecule has 0 radical (unpaired) electrons. The van der Waals surface area contributed by atoms with Crippen LogP contribution in [0.15, 0.2) is 29.8 Å². The predicted octanol–water partition coefficient (Wildman–Crippen LogP) is 4.13. The van der Waals surface area contributed by atoms with Crippen molar-refractivity contribution in [2.24, 2.45) is 11.8 Å². The summed E-state index contributed by atoms with van der Waals surface area (Å²) < 4.78 is 11.8. The van der Waals surface area contributed by atoms with Gasteiger partial charge < -0.3 is 25.1 Å². The first-order valence-electron chi connectivity index (χ1n) is 11.5. The van der Waals surface area contributed by atoms with Crippen molar-refractivity contribution in [1.82, 2.24) is 0 Å². The van der Waals surface area contributed by atoms with Gasteiger partial charge >= 0.3 is 0 Å². The van der Waals surface area contributed by atoms with Gasteiger partial charge in [0.15, 0.2) is 0 Å². The highest BCUT2D eigenvalue weighted by molar-refractivity contribution is 6.32. The Morgan fingerprint density at radius 1 is 0.909 bits per heavy atom. The largest absolute Gasteiger partial charge is 0.507 e. The van der Waals surface area contributed by atoms with Crippen molar-refractivity contribution >= 4 is 28.1 Å². The van der Waals surface area contributed by atoms with E-state index in [9.17, 15) is 15.0 Å². The summed E-state index contributed by atoms with van der Waals surface area (Å²) >= 11 is 0. The first kappa shape index (κ1) is 21.8. The fourth-order valence-corrected chi connectivity index (χ4v) is 6.02. The number of ether oxygens (including phenoxy) is 2. The van der Waals surface area contributed by atoms with Crippen molar-refractivity contribution in [3.8, 4) is 11.5 Å². The Kier molecular flexibility index (Phi) is 5.57. The third-order valence-corrected chi connectivity index (χ3v) is 7.76. The van der Waals surface area contributed by atoms with Crippen LogP contribution in [0.3, 0.4) is 0 Å². The molecular formula is C26H28N2O5. The molecule has 33 heavy (non-hydrogen) atoms. The van der Waals surface area contributed by atoms with E-state index in [4.69, 9.17) is 20.3 Å². The molecule has 3 aliphatic carbocycles. The maximum atomic E-state index is 11.9. The second-order valence-electron chi connectivity index (χ2n) is 9.44. The van der Waals surface area contributed by atoms with Crippen LogP contribution in [0, 0.1) is 22.7 Å². The molecule has 5 atom stereocenters.